The summed E-state index contributed by atoms with van der Waals surface area (Å²) in [6.45, 7) is 38.2. The van der Waals surface area contributed by atoms with E-state index in [0.717, 1.165) is 24.7 Å². The number of rotatable bonds is 14. The molecule has 300 valence electrons. The summed E-state index contributed by atoms with van der Waals surface area (Å²) in [5, 5.41) is 0. The Labute approximate surface area is 319 Å². The van der Waals surface area contributed by atoms with Crippen molar-refractivity contribution in [2.45, 2.75) is 194 Å². The van der Waals surface area contributed by atoms with Crippen LogP contribution in [0.15, 0.2) is 0 Å². The molecular weight excluding hydrogens is 648 g/mol. The van der Waals surface area contributed by atoms with Crippen LogP contribution in [-0.4, -0.2) is 36.2 Å². The SMILES string of the molecule is CCC1(OC(=O)C(C)(CC(C)(C)C)C(C)(C)C(C)(C)CC(C)(C(=O)OC2CCOC2=O)C(C)(C)C(C)CC(C)C(C)(C)C)C2CC3CC(C2)CC1C3. The second-order valence-corrected chi connectivity index (χ2v) is 23.1. The minimum atomic E-state index is -0.980. The minimum absolute atomic E-state index is 0.0700. The molecule has 1 aliphatic heterocycles. The molecule has 52 heavy (non-hydrogen) atoms. The molecule has 5 unspecified atom stereocenters. The summed E-state index contributed by atoms with van der Waals surface area (Å²) >= 11 is 0. The Kier molecular flexibility index (Phi) is 11.8. The van der Waals surface area contributed by atoms with Crippen LogP contribution in [0.1, 0.15) is 182 Å². The van der Waals surface area contributed by atoms with Gasteiger partial charge in [-0.25, -0.2) is 4.79 Å². The smallest absolute Gasteiger partial charge is 0.347 e. The van der Waals surface area contributed by atoms with Crippen molar-refractivity contribution in [2.24, 2.45) is 73.4 Å². The fourth-order valence-corrected chi connectivity index (χ4v) is 11.7. The van der Waals surface area contributed by atoms with E-state index < -0.39 is 39.1 Å². The van der Waals surface area contributed by atoms with E-state index in [1.165, 1.54) is 32.1 Å². The molecule has 5 aliphatic rings. The van der Waals surface area contributed by atoms with Crippen molar-refractivity contribution in [3.8, 4) is 0 Å². The molecular formula is C46H80O6. The van der Waals surface area contributed by atoms with Gasteiger partial charge in [0.15, 0.2) is 0 Å². The maximum absolute atomic E-state index is 15.3. The molecule has 0 amide bonds. The third-order valence-electron chi connectivity index (χ3n) is 17.0. The molecule has 0 aromatic rings. The van der Waals surface area contributed by atoms with Gasteiger partial charge in [0.05, 0.1) is 17.4 Å². The number of carbonyl (C=O) groups excluding carboxylic acids is 3. The number of hydrogen-bond acceptors (Lipinski definition) is 6. The molecule has 6 nitrogen and oxygen atoms in total. The minimum Gasteiger partial charge on any atom is -0.463 e. The van der Waals surface area contributed by atoms with Gasteiger partial charge in [-0.15, -0.1) is 0 Å². The molecule has 5 atom stereocenters. The molecule has 0 N–H and O–H groups in total. The first-order valence-corrected chi connectivity index (χ1v) is 21.1. The van der Waals surface area contributed by atoms with Crippen molar-refractivity contribution < 1.29 is 28.6 Å². The van der Waals surface area contributed by atoms with Gasteiger partial charge in [-0.05, 0) is 134 Å². The Morgan fingerprint density at radius 1 is 0.750 bits per heavy atom. The molecule has 4 bridgehead atoms. The van der Waals surface area contributed by atoms with Gasteiger partial charge in [0.1, 0.15) is 5.60 Å². The molecule has 4 saturated carbocycles. The van der Waals surface area contributed by atoms with Crippen LogP contribution in [0.5, 0.6) is 0 Å². The number of esters is 3. The molecule has 0 aromatic carbocycles. The summed E-state index contributed by atoms with van der Waals surface area (Å²) in [4.78, 5) is 42.7. The Morgan fingerprint density at radius 2 is 1.27 bits per heavy atom. The van der Waals surface area contributed by atoms with Gasteiger partial charge in [0, 0.05) is 6.42 Å². The van der Waals surface area contributed by atoms with Crippen LogP contribution in [0.2, 0.25) is 0 Å². The first kappa shape index (κ1) is 43.1. The molecule has 5 rings (SSSR count). The predicted octanol–water partition coefficient (Wildman–Crippen LogP) is 11.6. The molecule has 0 spiro atoms. The normalized spacial score (nSPS) is 31.7. The highest BCUT2D eigenvalue weighted by atomic mass is 16.6. The second-order valence-electron chi connectivity index (χ2n) is 23.1. The lowest BCUT2D eigenvalue weighted by Crippen LogP contribution is -2.62. The Bertz CT molecular complexity index is 1300. The molecule has 6 heteroatoms. The Morgan fingerprint density at radius 3 is 1.69 bits per heavy atom. The average molecular weight is 729 g/mol. The highest BCUT2D eigenvalue weighted by molar-refractivity contribution is 5.84. The van der Waals surface area contributed by atoms with Crippen LogP contribution in [0, 0.1) is 73.4 Å². The van der Waals surface area contributed by atoms with E-state index in [1.54, 1.807) is 0 Å². The summed E-state index contributed by atoms with van der Waals surface area (Å²) in [7, 11) is 0. The zero-order valence-corrected chi connectivity index (χ0v) is 36.8. The lowest BCUT2D eigenvalue weighted by Gasteiger charge is -2.62. The summed E-state index contributed by atoms with van der Waals surface area (Å²) in [5.74, 6) is 2.20. The number of carbonyl (C=O) groups is 3. The van der Waals surface area contributed by atoms with Crippen LogP contribution >= 0.6 is 0 Å². The molecule has 4 aliphatic carbocycles. The lowest BCUT2D eigenvalue weighted by molar-refractivity contribution is -0.231. The molecule has 5 fully saturated rings. The highest BCUT2D eigenvalue weighted by Crippen LogP contribution is 2.65. The van der Waals surface area contributed by atoms with Gasteiger partial charge < -0.3 is 14.2 Å². The third kappa shape index (κ3) is 7.63. The maximum atomic E-state index is 15.3. The van der Waals surface area contributed by atoms with Crippen LogP contribution in [0.4, 0.5) is 0 Å². The first-order valence-electron chi connectivity index (χ1n) is 21.1. The zero-order valence-electron chi connectivity index (χ0n) is 36.8. The molecule has 0 aromatic heterocycles. The standard InChI is InChI=1S/C46H80O6/c1-18-46(33-23-31-22-32(25-33)26-34(46)24-31)52-38(49)45(17,27-39(4,5)6)43(14,15)41(10,11)28-44(16,37(48)51-35-19-20-50-36(35)47)42(12,13)30(3)21-29(2)40(7,8)9/h29-35H,18-28H2,1-17H3. The van der Waals surface area contributed by atoms with Gasteiger partial charge in [-0.1, -0.05) is 104 Å². The topological polar surface area (TPSA) is 78.9 Å². The first-order chi connectivity index (χ1) is 23.5. The number of cyclic esters (lactones) is 1. The van der Waals surface area contributed by atoms with E-state index in [4.69, 9.17) is 14.2 Å². The van der Waals surface area contributed by atoms with Gasteiger partial charge in [-0.3, -0.25) is 9.59 Å². The van der Waals surface area contributed by atoms with Crippen molar-refractivity contribution >= 4 is 17.9 Å². The third-order valence-corrected chi connectivity index (χ3v) is 17.0. The van der Waals surface area contributed by atoms with E-state index in [2.05, 4.69) is 118 Å². The van der Waals surface area contributed by atoms with Gasteiger partial charge >= 0.3 is 17.9 Å². The van der Waals surface area contributed by atoms with Crippen molar-refractivity contribution in [2.75, 3.05) is 6.61 Å². The van der Waals surface area contributed by atoms with Gasteiger partial charge in [0.25, 0.3) is 0 Å². The molecule has 0 radical (unpaired) electrons. The van der Waals surface area contributed by atoms with E-state index in [9.17, 15) is 9.59 Å². The maximum Gasteiger partial charge on any atom is 0.347 e. The monoisotopic (exact) mass is 729 g/mol. The Balaban J connectivity index is 1.76. The molecule has 1 heterocycles. The number of hydrogen-bond donors (Lipinski definition) is 0. The fourth-order valence-electron chi connectivity index (χ4n) is 11.7. The summed E-state index contributed by atoms with van der Waals surface area (Å²) < 4.78 is 18.5. The highest BCUT2D eigenvalue weighted by Gasteiger charge is 2.64. The zero-order chi connectivity index (χ0) is 39.7. The van der Waals surface area contributed by atoms with Crippen molar-refractivity contribution in [3.05, 3.63) is 0 Å². The van der Waals surface area contributed by atoms with E-state index >= 15 is 4.79 Å². The van der Waals surface area contributed by atoms with E-state index in [1.807, 2.05) is 0 Å². The second kappa shape index (κ2) is 14.2. The van der Waals surface area contributed by atoms with Crippen LogP contribution in [0.3, 0.4) is 0 Å². The predicted molar refractivity (Wildman–Crippen MR) is 210 cm³/mol. The summed E-state index contributed by atoms with van der Waals surface area (Å²) in [6.07, 6.45) is 8.58. The largest absolute Gasteiger partial charge is 0.463 e. The lowest BCUT2D eigenvalue weighted by atomic mass is 9.45. The van der Waals surface area contributed by atoms with E-state index in [0.29, 0.717) is 37.0 Å². The Hall–Kier alpha value is -1.59. The van der Waals surface area contributed by atoms with Crippen LogP contribution < -0.4 is 0 Å². The van der Waals surface area contributed by atoms with E-state index in [-0.39, 0.29) is 40.9 Å². The molecule has 1 saturated heterocycles. The number of ether oxygens (including phenoxy) is 3. The van der Waals surface area contributed by atoms with Gasteiger partial charge in [-0.2, -0.15) is 0 Å². The summed E-state index contributed by atoms with van der Waals surface area (Å²) in [6, 6.07) is 0. The fraction of sp³-hybridized carbons (Fsp3) is 0.935. The quantitative estimate of drug-likeness (QED) is 0.131. The van der Waals surface area contributed by atoms with Gasteiger partial charge in [0.2, 0.25) is 6.10 Å². The van der Waals surface area contributed by atoms with Crippen molar-refractivity contribution in [1.82, 2.24) is 0 Å². The average Bonchev–Trinajstić information content (AvgIpc) is 3.40. The summed E-state index contributed by atoms with van der Waals surface area (Å²) in [5.41, 5.74) is -3.88. The van der Waals surface area contributed by atoms with Crippen molar-refractivity contribution in [3.63, 3.8) is 0 Å². The van der Waals surface area contributed by atoms with Crippen LogP contribution in [0.25, 0.3) is 0 Å². The van der Waals surface area contributed by atoms with Crippen LogP contribution in [-0.2, 0) is 28.6 Å². The van der Waals surface area contributed by atoms with Crippen molar-refractivity contribution in [1.29, 1.82) is 0 Å².